The minimum absolute atomic E-state index is 0.166. The molecule has 1 saturated heterocycles. The van der Waals surface area contributed by atoms with Gasteiger partial charge in [-0.25, -0.2) is 0 Å². The van der Waals surface area contributed by atoms with Crippen molar-refractivity contribution in [2.45, 2.75) is 13.5 Å². The number of rotatable bonds is 3. The summed E-state index contributed by atoms with van der Waals surface area (Å²) in [7, 11) is 0. The Hall–Kier alpha value is -1.20. The molecule has 1 fully saturated rings. The average Bonchev–Trinajstić information content (AvgIpc) is 2.41. The van der Waals surface area contributed by atoms with Crippen molar-refractivity contribution in [2.75, 3.05) is 24.6 Å². The first kappa shape index (κ1) is 13.2. The Labute approximate surface area is 112 Å². The van der Waals surface area contributed by atoms with Crippen molar-refractivity contribution in [1.82, 2.24) is 4.90 Å². The van der Waals surface area contributed by atoms with Gasteiger partial charge >= 0.3 is 0 Å². The van der Waals surface area contributed by atoms with E-state index in [0.717, 1.165) is 25.2 Å². The minimum Gasteiger partial charge on any atom is -0.409 e. The van der Waals surface area contributed by atoms with Gasteiger partial charge in [-0.15, -0.1) is 0 Å². The smallest absolute Gasteiger partial charge is 0.170 e. The monoisotopic (exact) mass is 265 g/mol. The molecule has 2 rings (SSSR count). The van der Waals surface area contributed by atoms with Gasteiger partial charge in [-0.1, -0.05) is 17.3 Å². The Bertz CT molecular complexity index is 442. The maximum absolute atomic E-state index is 8.66. The van der Waals surface area contributed by atoms with Crippen LogP contribution in [0.1, 0.15) is 16.7 Å². The Morgan fingerprint density at radius 2 is 2.17 bits per heavy atom. The molecule has 0 aromatic heterocycles. The highest BCUT2D eigenvalue weighted by Crippen LogP contribution is 2.16. The van der Waals surface area contributed by atoms with Crippen molar-refractivity contribution in [1.29, 1.82) is 0 Å². The number of benzene rings is 1. The fourth-order valence-corrected chi connectivity index (χ4v) is 3.07. The molecule has 5 heteroatoms. The summed E-state index contributed by atoms with van der Waals surface area (Å²) in [5.41, 5.74) is 8.86. The van der Waals surface area contributed by atoms with Gasteiger partial charge in [-0.05, 0) is 24.1 Å². The van der Waals surface area contributed by atoms with Crippen LogP contribution in [-0.4, -0.2) is 40.5 Å². The van der Waals surface area contributed by atoms with Gasteiger partial charge < -0.3 is 10.9 Å². The Kier molecular flexibility index (Phi) is 4.49. The highest BCUT2D eigenvalue weighted by atomic mass is 32.2. The molecule has 1 aromatic carbocycles. The fourth-order valence-electron chi connectivity index (χ4n) is 2.09. The largest absolute Gasteiger partial charge is 0.409 e. The molecule has 0 atom stereocenters. The van der Waals surface area contributed by atoms with E-state index in [0.29, 0.717) is 0 Å². The Morgan fingerprint density at radius 1 is 1.44 bits per heavy atom. The van der Waals surface area contributed by atoms with Crippen LogP contribution in [0.4, 0.5) is 0 Å². The first-order chi connectivity index (χ1) is 8.70. The van der Waals surface area contributed by atoms with Crippen LogP contribution in [0.5, 0.6) is 0 Å². The molecule has 0 radical (unpaired) electrons. The lowest BCUT2D eigenvalue weighted by Crippen LogP contribution is -2.32. The third kappa shape index (κ3) is 3.17. The number of hydrogen-bond acceptors (Lipinski definition) is 4. The van der Waals surface area contributed by atoms with Crippen LogP contribution in [-0.2, 0) is 6.54 Å². The lowest BCUT2D eigenvalue weighted by Gasteiger charge is -2.26. The molecule has 1 aliphatic heterocycles. The molecule has 0 aliphatic carbocycles. The van der Waals surface area contributed by atoms with Crippen LogP contribution in [0.25, 0.3) is 0 Å². The van der Waals surface area contributed by atoms with E-state index in [9.17, 15) is 0 Å². The number of nitrogens with zero attached hydrogens (tertiary/aromatic N) is 2. The summed E-state index contributed by atoms with van der Waals surface area (Å²) >= 11 is 2.02. The highest BCUT2D eigenvalue weighted by Gasteiger charge is 2.12. The topological polar surface area (TPSA) is 61.9 Å². The Balaban J connectivity index is 2.09. The van der Waals surface area contributed by atoms with Gasteiger partial charge in [0.1, 0.15) is 0 Å². The maximum atomic E-state index is 8.66. The summed E-state index contributed by atoms with van der Waals surface area (Å²) in [5.74, 6) is 2.61. The molecular formula is C13H19N3OS. The molecule has 98 valence electrons. The van der Waals surface area contributed by atoms with Gasteiger partial charge in [0, 0.05) is 36.7 Å². The van der Waals surface area contributed by atoms with Crippen LogP contribution in [0, 0.1) is 6.92 Å². The zero-order chi connectivity index (χ0) is 13.0. The van der Waals surface area contributed by atoms with Gasteiger partial charge in [0.2, 0.25) is 0 Å². The van der Waals surface area contributed by atoms with E-state index in [4.69, 9.17) is 10.9 Å². The van der Waals surface area contributed by atoms with Crippen LogP contribution < -0.4 is 5.73 Å². The summed E-state index contributed by atoms with van der Waals surface area (Å²) in [6.07, 6.45) is 0. The molecule has 4 nitrogen and oxygen atoms in total. The van der Waals surface area contributed by atoms with Gasteiger partial charge in [0.05, 0.1) is 0 Å². The summed E-state index contributed by atoms with van der Waals surface area (Å²) in [6.45, 7) is 5.38. The van der Waals surface area contributed by atoms with Crippen LogP contribution in [0.15, 0.2) is 23.4 Å². The number of oxime groups is 1. The zero-order valence-corrected chi connectivity index (χ0v) is 11.4. The summed E-state index contributed by atoms with van der Waals surface area (Å²) < 4.78 is 0. The van der Waals surface area contributed by atoms with Crippen LogP contribution >= 0.6 is 11.8 Å². The van der Waals surface area contributed by atoms with E-state index in [1.165, 1.54) is 22.6 Å². The molecule has 18 heavy (non-hydrogen) atoms. The van der Waals surface area contributed by atoms with Crippen molar-refractivity contribution in [3.05, 3.63) is 34.9 Å². The minimum atomic E-state index is 0.166. The zero-order valence-electron chi connectivity index (χ0n) is 10.6. The molecule has 1 aliphatic rings. The number of aryl methyl sites for hydroxylation is 1. The van der Waals surface area contributed by atoms with Crippen molar-refractivity contribution < 1.29 is 5.21 Å². The van der Waals surface area contributed by atoms with E-state index in [-0.39, 0.29) is 5.84 Å². The molecule has 0 bridgehead atoms. The van der Waals surface area contributed by atoms with Gasteiger partial charge in [-0.2, -0.15) is 11.8 Å². The second kappa shape index (κ2) is 6.11. The SMILES string of the molecule is Cc1cc(/C(N)=N/O)ccc1CN1CCSCC1. The van der Waals surface area contributed by atoms with Gasteiger partial charge in [0.25, 0.3) is 0 Å². The number of thioether (sulfide) groups is 1. The van der Waals surface area contributed by atoms with Gasteiger partial charge in [-0.3, -0.25) is 4.90 Å². The van der Waals surface area contributed by atoms with Crippen molar-refractivity contribution in [3.8, 4) is 0 Å². The number of hydrogen-bond donors (Lipinski definition) is 2. The van der Waals surface area contributed by atoms with E-state index < -0.39 is 0 Å². The normalized spacial score (nSPS) is 17.9. The van der Waals surface area contributed by atoms with E-state index in [1.807, 2.05) is 23.9 Å². The predicted octanol–water partition coefficient (Wildman–Crippen LogP) is 1.64. The second-order valence-corrected chi connectivity index (χ2v) is 5.74. The number of amidine groups is 1. The maximum Gasteiger partial charge on any atom is 0.170 e. The molecule has 1 aromatic rings. The summed E-state index contributed by atoms with van der Waals surface area (Å²) in [4.78, 5) is 2.47. The standard InChI is InChI=1S/C13H19N3OS/c1-10-8-11(13(14)15-17)2-3-12(10)9-16-4-6-18-7-5-16/h2-3,8,17H,4-7,9H2,1H3,(H2,14,15). The highest BCUT2D eigenvalue weighted by molar-refractivity contribution is 7.99. The lowest BCUT2D eigenvalue weighted by molar-refractivity contribution is 0.294. The average molecular weight is 265 g/mol. The first-order valence-electron chi connectivity index (χ1n) is 6.08. The van der Waals surface area contributed by atoms with Crippen LogP contribution in [0.3, 0.4) is 0 Å². The van der Waals surface area contributed by atoms with Crippen molar-refractivity contribution in [2.24, 2.45) is 10.9 Å². The predicted molar refractivity (Wildman–Crippen MR) is 76.3 cm³/mol. The van der Waals surface area contributed by atoms with E-state index in [1.54, 1.807) is 0 Å². The van der Waals surface area contributed by atoms with Crippen molar-refractivity contribution >= 4 is 17.6 Å². The van der Waals surface area contributed by atoms with Crippen molar-refractivity contribution in [3.63, 3.8) is 0 Å². The summed E-state index contributed by atoms with van der Waals surface area (Å²) in [6, 6.07) is 5.96. The Morgan fingerprint density at radius 3 is 2.78 bits per heavy atom. The third-order valence-corrected chi connectivity index (χ3v) is 4.19. The summed E-state index contributed by atoms with van der Waals surface area (Å²) in [5, 5.41) is 11.7. The quantitative estimate of drug-likeness (QED) is 0.377. The van der Waals surface area contributed by atoms with Gasteiger partial charge in [0.15, 0.2) is 5.84 Å². The molecule has 0 amide bonds. The number of nitrogens with two attached hydrogens (primary N) is 1. The third-order valence-electron chi connectivity index (χ3n) is 3.24. The fraction of sp³-hybridized carbons (Fsp3) is 0.462. The van der Waals surface area contributed by atoms with E-state index in [2.05, 4.69) is 23.0 Å². The lowest BCUT2D eigenvalue weighted by atomic mass is 10.0. The molecule has 3 N–H and O–H groups in total. The molecular weight excluding hydrogens is 246 g/mol. The van der Waals surface area contributed by atoms with E-state index >= 15 is 0 Å². The molecule has 0 unspecified atom stereocenters. The second-order valence-electron chi connectivity index (χ2n) is 4.52. The molecule has 0 spiro atoms. The van der Waals surface area contributed by atoms with Crippen LogP contribution in [0.2, 0.25) is 0 Å². The first-order valence-corrected chi connectivity index (χ1v) is 7.23. The molecule has 1 heterocycles. The molecule has 0 saturated carbocycles.